The molecule has 0 saturated heterocycles. The van der Waals surface area contributed by atoms with Gasteiger partial charge in [0.15, 0.2) is 0 Å². The molecule has 2 aromatic carbocycles. The molecular formula is C17H19F3N3O8P. The normalized spacial score (nSPS) is 11.4. The van der Waals surface area contributed by atoms with E-state index in [-0.39, 0.29) is 17.1 Å². The van der Waals surface area contributed by atoms with Crippen molar-refractivity contribution in [1.82, 2.24) is 0 Å². The van der Waals surface area contributed by atoms with Gasteiger partial charge in [-0.2, -0.15) is 13.2 Å². The number of alkyl halides is 3. The van der Waals surface area contributed by atoms with E-state index < -0.39 is 46.8 Å². The number of nitro groups is 2. The van der Waals surface area contributed by atoms with Gasteiger partial charge < -0.3 is 19.8 Å². The van der Waals surface area contributed by atoms with Crippen LogP contribution in [0, 0.1) is 20.2 Å². The van der Waals surface area contributed by atoms with Gasteiger partial charge in [-0.05, 0) is 39.0 Å². The Kier molecular flexibility index (Phi) is 8.71. The van der Waals surface area contributed by atoms with Crippen LogP contribution in [0.2, 0.25) is 0 Å². The molecule has 32 heavy (non-hydrogen) atoms. The summed E-state index contributed by atoms with van der Waals surface area (Å²) in [6.07, 6.45) is -4.75. The smallest absolute Gasteiger partial charge is 0.416 e. The first-order chi connectivity index (χ1) is 14.5. The Morgan fingerprint density at radius 2 is 1.50 bits per heavy atom. The highest BCUT2D eigenvalue weighted by Crippen LogP contribution is 2.39. The predicted molar refractivity (Wildman–Crippen MR) is 108 cm³/mol. The third-order valence-electron chi connectivity index (χ3n) is 3.39. The van der Waals surface area contributed by atoms with Crippen molar-refractivity contribution in [2.24, 2.45) is 0 Å². The van der Waals surface area contributed by atoms with Crippen LogP contribution in [-0.2, 0) is 10.7 Å². The van der Waals surface area contributed by atoms with E-state index in [1.165, 1.54) is 12.1 Å². The van der Waals surface area contributed by atoms with E-state index in [0.29, 0.717) is 12.1 Å². The summed E-state index contributed by atoms with van der Waals surface area (Å²) in [5, 5.41) is 25.2. The highest BCUT2D eigenvalue weighted by molar-refractivity contribution is 7.30. The molecule has 0 heterocycles. The van der Waals surface area contributed by atoms with Gasteiger partial charge in [0, 0.05) is 23.7 Å². The highest BCUT2D eigenvalue weighted by atomic mass is 31.1. The molecule has 11 nitrogen and oxygen atoms in total. The number of hydrogen-bond donors (Lipinski definition) is 3. The monoisotopic (exact) mass is 481 g/mol. The molecule has 0 spiro atoms. The molecule has 0 aromatic heterocycles. The first-order valence-electron chi connectivity index (χ1n) is 8.53. The molecule has 2 aromatic rings. The second-order valence-electron chi connectivity index (χ2n) is 7.13. The molecular weight excluding hydrogens is 462 g/mol. The van der Waals surface area contributed by atoms with Gasteiger partial charge in [0.1, 0.15) is 11.4 Å². The number of anilines is 1. The molecule has 0 aliphatic rings. The van der Waals surface area contributed by atoms with Crippen molar-refractivity contribution in [3.8, 4) is 11.5 Å². The van der Waals surface area contributed by atoms with E-state index in [1.807, 2.05) is 0 Å². The van der Waals surface area contributed by atoms with E-state index in [0.717, 1.165) is 12.1 Å². The Morgan fingerprint density at radius 1 is 0.969 bits per heavy atom. The topological polar surface area (TPSA) is 165 Å². The molecule has 0 radical (unpaired) electrons. The fourth-order valence-corrected chi connectivity index (χ4v) is 2.29. The molecule has 15 heteroatoms. The van der Waals surface area contributed by atoms with Gasteiger partial charge in [-0.1, -0.05) is 0 Å². The second-order valence-corrected chi connectivity index (χ2v) is 7.70. The molecule has 0 aliphatic carbocycles. The summed E-state index contributed by atoms with van der Waals surface area (Å²) in [6.45, 7) is 5.31. The molecule has 0 unspecified atom stereocenters. The molecule has 0 bridgehead atoms. The summed E-state index contributed by atoms with van der Waals surface area (Å²) in [4.78, 5) is 35.0. The third-order valence-corrected chi connectivity index (χ3v) is 3.39. The minimum Gasteiger partial charge on any atom is -0.450 e. The van der Waals surface area contributed by atoms with Crippen molar-refractivity contribution >= 4 is 25.3 Å². The highest BCUT2D eigenvalue weighted by Gasteiger charge is 2.33. The quantitative estimate of drug-likeness (QED) is 0.306. The maximum Gasteiger partial charge on any atom is 0.416 e. The van der Waals surface area contributed by atoms with Gasteiger partial charge in [-0.3, -0.25) is 24.8 Å². The van der Waals surface area contributed by atoms with Crippen LogP contribution in [0.1, 0.15) is 26.3 Å². The zero-order chi connectivity index (χ0) is 24.9. The van der Waals surface area contributed by atoms with E-state index in [4.69, 9.17) is 19.1 Å². The fourth-order valence-electron chi connectivity index (χ4n) is 2.29. The molecule has 0 fully saturated rings. The fraction of sp³-hybridized carbons (Fsp3) is 0.294. The van der Waals surface area contributed by atoms with E-state index >= 15 is 0 Å². The number of nitrogens with one attached hydrogen (secondary N) is 1. The summed E-state index contributed by atoms with van der Waals surface area (Å²) in [6, 6.07) is 5.45. The van der Waals surface area contributed by atoms with Crippen molar-refractivity contribution in [3.63, 3.8) is 0 Å². The first kappa shape index (κ1) is 26.8. The van der Waals surface area contributed by atoms with Crippen molar-refractivity contribution in [2.45, 2.75) is 32.5 Å². The minimum absolute atomic E-state index is 0.0137. The molecule has 176 valence electrons. The molecule has 0 atom stereocenters. The lowest BCUT2D eigenvalue weighted by Gasteiger charge is -2.22. The Balaban J connectivity index is 0.00000118. The van der Waals surface area contributed by atoms with Gasteiger partial charge in [0.05, 0.1) is 15.4 Å². The summed E-state index contributed by atoms with van der Waals surface area (Å²) in [7, 11) is -3.13. The summed E-state index contributed by atoms with van der Waals surface area (Å²) >= 11 is 0. The van der Waals surface area contributed by atoms with Gasteiger partial charge in [-0.15, -0.1) is 0 Å². The van der Waals surface area contributed by atoms with Crippen molar-refractivity contribution in [2.75, 3.05) is 5.32 Å². The van der Waals surface area contributed by atoms with Crippen LogP contribution >= 0.6 is 8.25 Å². The standard InChI is InChI=1S/C17H16F3N3O5.H3O3P/c1-16(2,3)21-12-9-11(5-6-13(12)22(24)25)28-15-7-4-10(17(18,19)20)8-14(15)23(26)27;1-4(2)3/h4-9,21H,1-3H3;4H,(H2,1,2,3). The Bertz CT molecular complexity index is 1020. The maximum absolute atomic E-state index is 12.8. The first-order valence-corrected chi connectivity index (χ1v) is 9.83. The zero-order valence-corrected chi connectivity index (χ0v) is 17.8. The number of rotatable bonds is 5. The van der Waals surface area contributed by atoms with Crippen LogP contribution < -0.4 is 10.1 Å². The Morgan fingerprint density at radius 3 is 1.94 bits per heavy atom. The van der Waals surface area contributed by atoms with E-state index in [1.54, 1.807) is 20.8 Å². The van der Waals surface area contributed by atoms with E-state index in [9.17, 15) is 33.4 Å². The SMILES string of the molecule is CC(C)(C)Nc1cc(Oc2ccc(C(F)(F)F)cc2[N+](=O)[O-])ccc1[N+](=O)[O-].O=[PH](O)O. The van der Waals surface area contributed by atoms with Crippen LogP contribution in [0.3, 0.4) is 0 Å². The van der Waals surface area contributed by atoms with E-state index in [2.05, 4.69) is 5.32 Å². The molecule has 0 amide bonds. The third kappa shape index (κ3) is 8.49. The number of nitro benzene ring substituents is 2. The number of halogens is 3. The lowest BCUT2D eigenvalue weighted by atomic mass is 10.1. The Hall–Kier alpha value is -3.22. The van der Waals surface area contributed by atoms with Crippen molar-refractivity contribution < 1.29 is 42.1 Å². The summed E-state index contributed by atoms with van der Waals surface area (Å²) in [5.41, 5.74) is -2.75. The summed E-state index contributed by atoms with van der Waals surface area (Å²) < 4.78 is 52.5. The molecule has 0 aliphatic heterocycles. The van der Waals surface area contributed by atoms with Crippen molar-refractivity contribution in [1.29, 1.82) is 0 Å². The minimum atomic E-state index is -4.75. The molecule has 0 saturated carbocycles. The number of nitrogens with zero attached hydrogens (tertiary/aromatic N) is 2. The number of hydrogen-bond acceptors (Lipinski definition) is 7. The molecule has 3 N–H and O–H groups in total. The average molecular weight is 481 g/mol. The van der Waals surface area contributed by atoms with Gasteiger partial charge in [0.2, 0.25) is 5.75 Å². The Labute approximate surface area is 179 Å². The summed E-state index contributed by atoms with van der Waals surface area (Å²) in [5.74, 6) is -0.436. The van der Waals surface area contributed by atoms with Gasteiger partial charge in [-0.25, -0.2) is 0 Å². The zero-order valence-electron chi connectivity index (χ0n) is 16.8. The largest absolute Gasteiger partial charge is 0.450 e. The van der Waals surface area contributed by atoms with Crippen LogP contribution in [0.25, 0.3) is 0 Å². The van der Waals surface area contributed by atoms with Crippen LogP contribution in [0.5, 0.6) is 11.5 Å². The van der Waals surface area contributed by atoms with Gasteiger partial charge in [0.25, 0.3) is 5.69 Å². The number of ether oxygens (including phenoxy) is 1. The maximum atomic E-state index is 12.8. The van der Waals surface area contributed by atoms with Crippen LogP contribution in [0.15, 0.2) is 36.4 Å². The van der Waals surface area contributed by atoms with Gasteiger partial charge >= 0.3 is 20.1 Å². The van der Waals surface area contributed by atoms with Crippen LogP contribution in [0.4, 0.5) is 30.2 Å². The lowest BCUT2D eigenvalue weighted by Crippen LogP contribution is -2.26. The lowest BCUT2D eigenvalue weighted by molar-refractivity contribution is -0.385. The number of benzene rings is 2. The average Bonchev–Trinajstić information content (AvgIpc) is 2.58. The molecule has 2 rings (SSSR count). The predicted octanol–water partition coefficient (Wildman–Crippen LogP) is 4.89. The second kappa shape index (κ2) is 10.4. The van der Waals surface area contributed by atoms with Crippen LogP contribution in [-0.4, -0.2) is 25.2 Å². The van der Waals surface area contributed by atoms with Crippen molar-refractivity contribution in [3.05, 3.63) is 62.2 Å².